The number of amides is 2. The zero-order chi connectivity index (χ0) is 35.0. The number of piperazine rings is 1. The van der Waals surface area contributed by atoms with E-state index >= 15 is 0 Å². The van der Waals surface area contributed by atoms with Gasteiger partial charge in [0.05, 0.1) is 29.1 Å². The quantitative estimate of drug-likeness (QED) is 0.240. The van der Waals surface area contributed by atoms with E-state index in [1.807, 2.05) is 11.8 Å². The number of fused-ring (bicyclic) bond motifs is 1. The van der Waals surface area contributed by atoms with Crippen LogP contribution >= 0.6 is 23.2 Å². The number of aromatic amines is 1. The van der Waals surface area contributed by atoms with Crippen molar-refractivity contribution in [2.45, 2.75) is 26.1 Å². The fourth-order valence-corrected chi connectivity index (χ4v) is 5.88. The molecule has 0 radical (unpaired) electrons. The van der Waals surface area contributed by atoms with Crippen LogP contribution in [0.25, 0.3) is 17.2 Å². The Morgan fingerprint density at radius 3 is 2.35 bits per heavy atom. The molecule has 0 saturated carbocycles. The van der Waals surface area contributed by atoms with Crippen molar-refractivity contribution in [1.82, 2.24) is 39.2 Å². The van der Waals surface area contributed by atoms with Crippen LogP contribution in [0.2, 0.25) is 10.3 Å². The second-order valence-corrected chi connectivity index (χ2v) is 11.7. The first kappa shape index (κ1) is 33.7. The number of hydrogen-bond acceptors (Lipinski definition) is 9. The van der Waals surface area contributed by atoms with E-state index in [1.54, 1.807) is 24.3 Å². The molecule has 14 nitrogen and oxygen atoms in total. The number of H-pyrrole nitrogens is 1. The van der Waals surface area contributed by atoms with Crippen LogP contribution in [0.3, 0.4) is 0 Å². The Morgan fingerprint density at radius 1 is 1.04 bits per heavy atom. The van der Waals surface area contributed by atoms with Gasteiger partial charge in [0.25, 0.3) is 11.5 Å². The average Bonchev–Trinajstić information content (AvgIpc) is 3.73. The van der Waals surface area contributed by atoms with Crippen molar-refractivity contribution >= 4 is 52.2 Å². The molecule has 4 heterocycles. The van der Waals surface area contributed by atoms with Gasteiger partial charge in [-0.2, -0.15) is 27.7 Å². The largest absolute Gasteiger partial charge is 0.497 e. The van der Waals surface area contributed by atoms with Gasteiger partial charge in [0.2, 0.25) is 22.8 Å². The predicted molar refractivity (Wildman–Crippen MR) is 173 cm³/mol. The zero-order valence-electron chi connectivity index (χ0n) is 25.9. The molecule has 2 amide bonds. The molecule has 1 fully saturated rings. The lowest BCUT2D eigenvalue weighted by atomic mass is 10.2. The van der Waals surface area contributed by atoms with Crippen LogP contribution in [0, 0.1) is 0 Å². The number of rotatable bonds is 8. The summed E-state index contributed by atoms with van der Waals surface area (Å²) in [4.78, 5) is 52.4. The van der Waals surface area contributed by atoms with E-state index in [1.165, 1.54) is 16.6 Å². The summed E-state index contributed by atoms with van der Waals surface area (Å²) in [7, 11) is 1.53. The van der Waals surface area contributed by atoms with E-state index < -0.39 is 29.1 Å². The number of methoxy groups -OCH3 is 1. The molecule has 3 aromatic heterocycles. The van der Waals surface area contributed by atoms with Crippen LogP contribution in [0.4, 0.5) is 24.5 Å². The number of carbonyl (C=O) groups is 2. The van der Waals surface area contributed by atoms with E-state index in [0.29, 0.717) is 17.0 Å². The van der Waals surface area contributed by atoms with Crippen molar-refractivity contribution in [2.24, 2.45) is 0 Å². The first-order valence-electron chi connectivity index (χ1n) is 14.8. The lowest BCUT2D eigenvalue weighted by molar-refractivity contribution is -0.137. The maximum absolute atomic E-state index is 14.1. The van der Waals surface area contributed by atoms with Gasteiger partial charge in [0, 0.05) is 31.7 Å². The maximum Gasteiger partial charge on any atom is 0.416 e. The van der Waals surface area contributed by atoms with Gasteiger partial charge in [-0.25, -0.2) is 5.10 Å². The Balaban J connectivity index is 1.37. The Labute approximate surface area is 285 Å². The van der Waals surface area contributed by atoms with Crippen LogP contribution < -0.4 is 20.5 Å². The van der Waals surface area contributed by atoms with Crippen molar-refractivity contribution in [1.29, 1.82) is 0 Å². The summed E-state index contributed by atoms with van der Waals surface area (Å²) in [6.45, 7) is 2.39. The number of hydrogen-bond donors (Lipinski definition) is 2. The van der Waals surface area contributed by atoms with E-state index in [2.05, 4.69) is 30.6 Å². The fraction of sp³-hybridized carbons (Fsp3) is 0.300. The highest BCUT2D eigenvalue weighted by Gasteiger charge is 2.32. The summed E-state index contributed by atoms with van der Waals surface area (Å²) in [6, 6.07) is 9.49. The topological polar surface area (TPSA) is 156 Å². The number of nitrogens with zero attached hydrogens (tertiary/aromatic N) is 8. The predicted octanol–water partition coefficient (Wildman–Crippen LogP) is 4.17. The molecule has 1 aliphatic heterocycles. The number of halogens is 5. The maximum atomic E-state index is 14.1. The molecule has 0 spiro atoms. The Morgan fingerprint density at radius 2 is 1.76 bits per heavy atom. The van der Waals surface area contributed by atoms with Gasteiger partial charge in [-0.3, -0.25) is 14.4 Å². The van der Waals surface area contributed by atoms with Gasteiger partial charge in [-0.1, -0.05) is 18.5 Å². The highest BCUT2D eigenvalue weighted by atomic mass is 35.5. The Bertz CT molecular complexity index is 2110. The van der Waals surface area contributed by atoms with E-state index in [-0.39, 0.29) is 78.3 Å². The number of ether oxygens (including phenoxy) is 1. The second kappa shape index (κ2) is 13.4. The molecule has 2 N–H and O–H groups in total. The minimum absolute atomic E-state index is 0.0186. The summed E-state index contributed by atoms with van der Waals surface area (Å²) in [5, 5.41) is 13.0. The van der Waals surface area contributed by atoms with Crippen LogP contribution in [0.15, 0.2) is 47.3 Å². The number of anilines is 2. The van der Waals surface area contributed by atoms with Gasteiger partial charge in [-0.15, -0.1) is 10.2 Å². The molecule has 256 valence electrons. The molecule has 0 aliphatic carbocycles. The average molecular weight is 720 g/mol. The number of carbonyl (C=O) groups excluding carboxylic acids is 2. The smallest absolute Gasteiger partial charge is 0.416 e. The first-order chi connectivity index (χ1) is 23.4. The molecule has 1 aliphatic rings. The molecule has 49 heavy (non-hydrogen) atoms. The summed E-state index contributed by atoms with van der Waals surface area (Å²) in [5.74, 6) is -0.262. The van der Waals surface area contributed by atoms with Crippen molar-refractivity contribution in [3.63, 3.8) is 0 Å². The van der Waals surface area contributed by atoms with Crippen LogP contribution in [-0.4, -0.2) is 84.3 Å². The highest BCUT2D eigenvalue weighted by molar-refractivity contribution is 6.33. The fourth-order valence-electron chi connectivity index (χ4n) is 5.53. The van der Waals surface area contributed by atoms with Crippen molar-refractivity contribution < 1.29 is 27.5 Å². The summed E-state index contributed by atoms with van der Waals surface area (Å²) in [5.41, 5.74) is -0.174. The molecular formula is C30H27Cl2F3N10O4. The summed E-state index contributed by atoms with van der Waals surface area (Å²) >= 11 is 11.9. The molecule has 0 atom stereocenters. The molecule has 0 bridgehead atoms. The van der Waals surface area contributed by atoms with E-state index in [0.717, 1.165) is 22.7 Å². The van der Waals surface area contributed by atoms with Gasteiger partial charge in [0.1, 0.15) is 18.0 Å². The van der Waals surface area contributed by atoms with E-state index in [9.17, 15) is 27.6 Å². The molecular weight excluding hydrogens is 692 g/mol. The third kappa shape index (κ3) is 6.76. The molecule has 19 heteroatoms. The Kier molecular flexibility index (Phi) is 9.22. The number of nitrogens with one attached hydrogen (secondary N) is 2. The van der Waals surface area contributed by atoms with Crippen LogP contribution in [-0.2, 0) is 23.9 Å². The summed E-state index contributed by atoms with van der Waals surface area (Å²) < 4.78 is 47.4. The summed E-state index contributed by atoms with van der Waals surface area (Å²) in [6.07, 6.45) is -4.33. The number of benzene rings is 2. The zero-order valence-corrected chi connectivity index (χ0v) is 27.4. The van der Waals surface area contributed by atoms with Crippen LogP contribution in [0.1, 0.15) is 28.8 Å². The third-order valence-corrected chi connectivity index (χ3v) is 8.40. The van der Waals surface area contributed by atoms with Gasteiger partial charge >= 0.3 is 6.18 Å². The van der Waals surface area contributed by atoms with Gasteiger partial charge in [0.15, 0.2) is 5.82 Å². The SMILES string of the molecule is CCc1c(N2CCN(C(=O)c3n[nH]c(Cl)n3)CC2)c(=O)n2nc(-c3ccc(OC)cc3)nc2n1CC(=O)Nc1ccc(C(F)(F)F)cc1Cl. The minimum atomic E-state index is -4.61. The lowest BCUT2D eigenvalue weighted by Gasteiger charge is -2.36. The van der Waals surface area contributed by atoms with E-state index in [4.69, 9.17) is 27.9 Å². The third-order valence-electron chi connectivity index (χ3n) is 7.91. The molecule has 0 unspecified atom stereocenters. The molecule has 2 aromatic carbocycles. The van der Waals surface area contributed by atoms with Crippen molar-refractivity contribution in [3.8, 4) is 17.1 Å². The molecule has 1 saturated heterocycles. The second-order valence-electron chi connectivity index (χ2n) is 10.9. The van der Waals surface area contributed by atoms with Crippen molar-refractivity contribution in [3.05, 3.63) is 80.2 Å². The van der Waals surface area contributed by atoms with Gasteiger partial charge < -0.3 is 24.4 Å². The Hall–Kier alpha value is -5.16. The monoisotopic (exact) mass is 718 g/mol. The minimum Gasteiger partial charge on any atom is -0.497 e. The normalized spacial score (nSPS) is 13.6. The number of aromatic nitrogens is 7. The van der Waals surface area contributed by atoms with Gasteiger partial charge in [-0.05, 0) is 60.5 Å². The van der Waals surface area contributed by atoms with Crippen LogP contribution in [0.5, 0.6) is 5.75 Å². The highest BCUT2D eigenvalue weighted by Crippen LogP contribution is 2.34. The lowest BCUT2D eigenvalue weighted by Crippen LogP contribution is -2.51. The molecule has 6 rings (SSSR count). The first-order valence-corrected chi connectivity index (χ1v) is 15.6. The van der Waals surface area contributed by atoms with Crippen molar-refractivity contribution in [2.75, 3.05) is 43.5 Å². The molecule has 5 aromatic rings. The standard InChI is InChI=1S/C30H27Cl2F3N10O4/c1-3-21-23(42-10-12-43(13-11-42)27(48)25-37-28(32)40-39-25)26(47)45-29(38-24(41-45)16-4-7-18(49-2)8-5-16)44(21)15-22(46)36-20-9-6-17(14-19(20)31)30(33,34)35/h4-9,14H,3,10-13,15H2,1-2H3,(H,36,46)(H,37,39,40). The number of alkyl halides is 3.